The Morgan fingerprint density at radius 2 is 1.82 bits per heavy atom. The Morgan fingerprint density at radius 3 is 2.46 bits per heavy atom. The molecule has 0 atom stereocenters. The highest BCUT2D eigenvalue weighted by molar-refractivity contribution is 9.11. The second kappa shape index (κ2) is 9.47. The molecule has 3 rings (SSSR count). The van der Waals surface area contributed by atoms with Crippen molar-refractivity contribution in [2.75, 3.05) is 0 Å². The third-order valence-corrected chi connectivity index (χ3v) is 5.56. The molecule has 5 nitrogen and oxygen atoms in total. The van der Waals surface area contributed by atoms with Gasteiger partial charge in [-0.2, -0.15) is 5.10 Å². The smallest absolute Gasteiger partial charge is 0.271 e. The number of benzene rings is 2. The normalized spacial score (nSPS) is 15.5. The highest BCUT2D eigenvalue weighted by Gasteiger charge is 2.15. The summed E-state index contributed by atoms with van der Waals surface area (Å²) in [7, 11) is 0. The van der Waals surface area contributed by atoms with Gasteiger partial charge in [-0.3, -0.25) is 9.59 Å². The van der Waals surface area contributed by atoms with Gasteiger partial charge in [0.05, 0.1) is 8.95 Å². The standard InChI is InChI=1S/C21H20Br2N2O3/c1-13-9-18(22)20(19(23)10-13)28-12-14-5-7-15(8-6-14)21(27)25-24-16-3-2-4-17(26)11-16/h5-10H,2-4,11-12H2,1H3,(H,25,27). The summed E-state index contributed by atoms with van der Waals surface area (Å²) in [5, 5.41) is 4.10. The molecule has 146 valence electrons. The first-order chi connectivity index (χ1) is 13.4. The summed E-state index contributed by atoms with van der Waals surface area (Å²) in [6.45, 7) is 2.40. The molecule has 1 aliphatic rings. The minimum atomic E-state index is -0.290. The number of nitrogens with zero attached hydrogens (tertiary/aromatic N) is 1. The van der Waals surface area contributed by atoms with E-state index < -0.39 is 0 Å². The van der Waals surface area contributed by atoms with Crippen LogP contribution in [0.2, 0.25) is 0 Å². The molecule has 0 spiro atoms. The van der Waals surface area contributed by atoms with Crippen LogP contribution in [0.4, 0.5) is 0 Å². The number of ether oxygens (including phenoxy) is 1. The lowest BCUT2D eigenvalue weighted by atomic mass is 9.97. The second-order valence-corrected chi connectivity index (χ2v) is 8.44. The largest absolute Gasteiger partial charge is 0.487 e. The average Bonchev–Trinajstić information content (AvgIpc) is 2.66. The van der Waals surface area contributed by atoms with Crippen LogP contribution in [0.25, 0.3) is 0 Å². The number of ketones is 1. The van der Waals surface area contributed by atoms with Gasteiger partial charge < -0.3 is 4.74 Å². The van der Waals surface area contributed by atoms with Gasteiger partial charge in [0.25, 0.3) is 5.91 Å². The van der Waals surface area contributed by atoms with Gasteiger partial charge in [-0.25, -0.2) is 5.43 Å². The number of halogens is 2. The number of carbonyl (C=O) groups excluding carboxylic acids is 2. The van der Waals surface area contributed by atoms with E-state index in [1.165, 1.54) is 0 Å². The number of nitrogens with one attached hydrogen (secondary N) is 1. The zero-order valence-corrected chi connectivity index (χ0v) is 18.6. The van der Waals surface area contributed by atoms with E-state index in [2.05, 4.69) is 42.4 Å². The van der Waals surface area contributed by atoms with E-state index in [0.29, 0.717) is 25.0 Å². The number of aryl methyl sites for hydroxylation is 1. The van der Waals surface area contributed by atoms with Crippen LogP contribution >= 0.6 is 31.9 Å². The molecule has 0 radical (unpaired) electrons. The molecule has 28 heavy (non-hydrogen) atoms. The van der Waals surface area contributed by atoms with E-state index >= 15 is 0 Å². The summed E-state index contributed by atoms with van der Waals surface area (Å²) in [5.41, 5.74) is 5.86. The molecule has 7 heteroatoms. The molecular weight excluding hydrogens is 488 g/mol. The SMILES string of the molecule is Cc1cc(Br)c(OCc2ccc(C(=O)NN=C3CCCC(=O)C3)cc2)c(Br)c1. The Bertz CT molecular complexity index is 901. The molecule has 2 aromatic carbocycles. The van der Waals surface area contributed by atoms with Crippen LogP contribution in [0.1, 0.15) is 47.2 Å². The van der Waals surface area contributed by atoms with Crippen molar-refractivity contribution in [3.8, 4) is 5.75 Å². The number of amides is 1. The first kappa shape index (κ1) is 20.7. The monoisotopic (exact) mass is 506 g/mol. The minimum absolute atomic E-state index is 0.176. The lowest BCUT2D eigenvalue weighted by Gasteiger charge is -2.12. The molecular formula is C21H20Br2N2O3. The number of rotatable bonds is 5. The maximum Gasteiger partial charge on any atom is 0.271 e. The number of hydrogen-bond donors (Lipinski definition) is 1. The van der Waals surface area contributed by atoms with Crippen molar-refractivity contribution >= 4 is 49.3 Å². The van der Waals surface area contributed by atoms with Crippen molar-refractivity contribution in [1.82, 2.24) is 5.43 Å². The van der Waals surface area contributed by atoms with Crippen LogP contribution in [-0.4, -0.2) is 17.4 Å². The van der Waals surface area contributed by atoms with E-state index in [4.69, 9.17) is 4.74 Å². The molecule has 1 N–H and O–H groups in total. The van der Waals surface area contributed by atoms with Gasteiger partial charge >= 0.3 is 0 Å². The van der Waals surface area contributed by atoms with E-state index in [-0.39, 0.29) is 11.7 Å². The molecule has 1 fully saturated rings. The molecule has 2 aromatic rings. The van der Waals surface area contributed by atoms with Crippen LogP contribution in [0, 0.1) is 6.92 Å². The van der Waals surface area contributed by atoms with E-state index in [9.17, 15) is 9.59 Å². The lowest BCUT2D eigenvalue weighted by molar-refractivity contribution is -0.118. The van der Waals surface area contributed by atoms with Crippen molar-refractivity contribution in [2.45, 2.75) is 39.2 Å². The predicted octanol–water partition coefficient (Wildman–Crippen LogP) is 5.33. The second-order valence-electron chi connectivity index (χ2n) is 6.73. The molecule has 0 aliphatic heterocycles. The van der Waals surface area contributed by atoms with Crippen molar-refractivity contribution in [1.29, 1.82) is 0 Å². The fourth-order valence-electron chi connectivity index (χ4n) is 2.92. The summed E-state index contributed by atoms with van der Waals surface area (Å²) in [4.78, 5) is 23.7. The molecule has 0 saturated heterocycles. The third-order valence-electron chi connectivity index (χ3n) is 4.38. The van der Waals surface area contributed by atoms with Gasteiger partial charge in [0.1, 0.15) is 18.1 Å². The van der Waals surface area contributed by atoms with Gasteiger partial charge in [-0.05, 0) is 87.0 Å². The van der Waals surface area contributed by atoms with Crippen LogP contribution in [0.5, 0.6) is 5.75 Å². The van der Waals surface area contributed by atoms with Crippen LogP contribution in [-0.2, 0) is 11.4 Å². The molecule has 1 amide bonds. The fraction of sp³-hybridized carbons (Fsp3) is 0.286. The van der Waals surface area contributed by atoms with E-state index in [1.54, 1.807) is 12.1 Å². The zero-order valence-electron chi connectivity index (χ0n) is 15.4. The summed E-state index contributed by atoms with van der Waals surface area (Å²) in [6, 6.07) is 11.2. The maximum absolute atomic E-state index is 12.2. The number of Topliss-reactive ketones (excluding diaryl/α,β-unsaturated/α-hetero) is 1. The molecule has 0 aromatic heterocycles. The lowest BCUT2D eigenvalue weighted by Crippen LogP contribution is -2.22. The highest BCUT2D eigenvalue weighted by atomic mass is 79.9. The highest BCUT2D eigenvalue weighted by Crippen LogP contribution is 2.35. The Hall–Kier alpha value is -1.99. The van der Waals surface area contributed by atoms with E-state index in [0.717, 1.165) is 44.4 Å². The summed E-state index contributed by atoms with van der Waals surface area (Å²) < 4.78 is 7.67. The van der Waals surface area contributed by atoms with Gasteiger partial charge in [0, 0.05) is 24.1 Å². The van der Waals surface area contributed by atoms with Crippen molar-refractivity contribution in [2.24, 2.45) is 5.10 Å². The first-order valence-electron chi connectivity index (χ1n) is 8.97. The van der Waals surface area contributed by atoms with E-state index in [1.807, 2.05) is 31.2 Å². The van der Waals surface area contributed by atoms with Gasteiger partial charge in [0.15, 0.2) is 0 Å². The molecule has 0 bridgehead atoms. The molecule has 1 aliphatic carbocycles. The average molecular weight is 508 g/mol. The minimum Gasteiger partial charge on any atom is -0.487 e. The number of carbonyl (C=O) groups is 2. The van der Waals surface area contributed by atoms with Crippen LogP contribution in [0.15, 0.2) is 50.4 Å². The van der Waals surface area contributed by atoms with Crippen LogP contribution < -0.4 is 10.2 Å². The van der Waals surface area contributed by atoms with Crippen molar-refractivity contribution < 1.29 is 14.3 Å². The summed E-state index contributed by atoms with van der Waals surface area (Å²) in [5.74, 6) is 0.628. The van der Waals surface area contributed by atoms with Crippen molar-refractivity contribution in [3.63, 3.8) is 0 Å². The molecule has 0 unspecified atom stereocenters. The van der Waals surface area contributed by atoms with Gasteiger partial charge in [-0.15, -0.1) is 0 Å². The Balaban J connectivity index is 1.58. The predicted molar refractivity (Wildman–Crippen MR) is 116 cm³/mol. The maximum atomic E-state index is 12.2. The molecule has 1 saturated carbocycles. The first-order valence-corrected chi connectivity index (χ1v) is 10.6. The third kappa shape index (κ3) is 5.52. The summed E-state index contributed by atoms with van der Waals surface area (Å²) in [6.07, 6.45) is 2.49. The zero-order chi connectivity index (χ0) is 20.1. The topological polar surface area (TPSA) is 67.8 Å². The molecule has 0 heterocycles. The van der Waals surface area contributed by atoms with Gasteiger partial charge in [-0.1, -0.05) is 12.1 Å². The fourth-order valence-corrected chi connectivity index (χ4v) is 4.56. The Morgan fingerprint density at radius 1 is 1.14 bits per heavy atom. The van der Waals surface area contributed by atoms with Gasteiger partial charge in [0.2, 0.25) is 0 Å². The number of hydrogen-bond acceptors (Lipinski definition) is 4. The Kier molecular flexibility index (Phi) is 7.02. The summed E-state index contributed by atoms with van der Waals surface area (Å²) >= 11 is 7.03. The van der Waals surface area contributed by atoms with Crippen LogP contribution in [0.3, 0.4) is 0 Å². The number of hydrazone groups is 1. The quantitative estimate of drug-likeness (QED) is 0.556. The Labute approximate surface area is 180 Å². The van der Waals surface area contributed by atoms with Crippen molar-refractivity contribution in [3.05, 3.63) is 62.0 Å².